The van der Waals surface area contributed by atoms with Gasteiger partial charge in [-0.2, -0.15) is 10.4 Å². The highest BCUT2D eigenvalue weighted by atomic mass is 16.5. The lowest BCUT2D eigenvalue weighted by atomic mass is 10.2. The van der Waals surface area contributed by atoms with Crippen molar-refractivity contribution in [2.24, 2.45) is 0 Å². The molecule has 0 spiro atoms. The van der Waals surface area contributed by atoms with E-state index in [0.717, 1.165) is 0 Å². The lowest BCUT2D eigenvalue weighted by molar-refractivity contribution is 0.441. The molecule has 0 radical (unpaired) electrons. The van der Waals surface area contributed by atoms with Gasteiger partial charge in [0, 0.05) is 6.20 Å². The van der Waals surface area contributed by atoms with Crippen LogP contribution in [0.15, 0.2) is 20.3 Å². The van der Waals surface area contributed by atoms with Gasteiger partial charge in [-0.3, -0.25) is 9.59 Å². The van der Waals surface area contributed by atoms with E-state index in [1.807, 2.05) is 5.16 Å². The maximum Gasteiger partial charge on any atom is 0.293 e. The van der Waals surface area contributed by atoms with Crippen molar-refractivity contribution >= 4 is 11.1 Å². The van der Waals surface area contributed by atoms with Gasteiger partial charge in [-0.15, -0.1) is 0 Å². The monoisotopic (exact) mass is 177 g/mol. The lowest BCUT2D eigenvalue weighted by Gasteiger charge is -1.85. The molecule has 64 valence electrons. The molecule has 0 unspecified atom stereocenters. The van der Waals surface area contributed by atoms with Gasteiger partial charge in [0.25, 0.3) is 5.56 Å². The van der Waals surface area contributed by atoms with Gasteiger partial charge in [0.2, 0.25) is 11.1 Å². The van der Waals surface area contributed by atoms with Gasteiger partial charge >= 0.3 is 0 Å². The molecule has 0 aliphatic heterocycles. The molecule has 0 saturated heterocycles. The predicted molar refractivity (Wildman–Crippen MR) is 42.2 cm³/mol. The fourth-order valence-corrected chi connectivity index (χ4v) is 1.03. The first-order chi connectivity index (χ1) is 6.24. The minimum atomic E-state index is -0.631. The largest absolute Gasteiger partial charge is 0.360 e. The van der Waals surface area contributed by atoms with Crippen molar-refractivity contribution in [3.05, 3.63) is 32.3 Å². The number of nitrogens with zero attached hydrogens (tertiary/aromatic N) is 1. The number of H-pyrrole nitrogens is 2. The Bertz CT molecular complexity index is 610. The second kappa shape index (κ2) is 2.35. The van der Waals surface area contributed by atoms with Gasteiger partial charge in [0.15, 0.2) is 5.39 Å². The number of aromatic nitrogens is 2. The van der Waals surface area contributed by atoms with Crippen molar-refractivity contribution in [3.63, 3.8) is 0 Å². The molecular formula is C7H3N3O3. The van der Waals surface area contributed by atoms with Crippen LogP contribution >= 0.6 is 0 Å². The van der Waals surface area contributed by atoms with Crippen molar-refractivity contribution in [2.45, 2.75) is 0 Å². The molecule has 0 atom stereocenters. The Balaban J connectivity index is 3.12. The predicted octanol–water partition coefficient (Wildman–Crippen LogP) is -0.319. The zero-order valence-corrected chi connectivity index (χ0v) is 6.25. The first kappa shape index (κ1) is 7.36. The third-order valence-corrected chi connectivity index (χ3v) is 1.64. The number of aromatic amines is 2. The van der Waals surface area contributed by atoms with Crippen molar-refractivity contribution in [3.8, 4) is 6.07 Å². The van der Waals surface area contributed by atoms with E-state index in [1.54, 1.807) is 6.07 Å². The van der Waals surface area contributed by atoms with Gasteiger partial charge in [0.05, 0.1) is 0 Å². The smallest absolute Gasteiger partial charge is 0.293 e. The Morgan fingerprint density at radius 2 is 2.23 bits per heavy atom. The third-order valence-electron chi connectivity index (χ3n) is 1.64. The van der Waals surface area contributed by atoms with Crippen molar-refractivity contribution in [1.29, 1.82) is 5.26 Å². The molecule has 6 heteroatoms. The fraction of sp³-hybridized carbons (Fsp3) is 0. The average molecular weight is 177 g/mol. The molecular weight excluding hydrogens is 174 g/mol. The Hall–Kier alpha value is -2.29. The summed E-state index contributed by atoms with van der Waals surface area (Å²) >= 11 is 0. The first-order valence-electron chi connectivity index (χ1n) is 3.37. The number of fused-ring (bicyclic) bond motifs is 1. The molecule has 6 nitrogen and oxygen atoms in total. The third kappa shape index (κ3) is 0.873. The molecule has 2 aromatic heterocycles. The molecule has 2 N–H and O–H groups in total. The quantitative estimate of drug-likeness (QED) is 0.575. The van der Waals surface area contributed by atoms with Crippen LogP contribution in [-0.4, -0.2) is 10.1 Å². The summed E-state index contributed by atoms with van der Waals surface area (Å²) in [5.41, 5.74) is -1.31. The van der Waals surface area contributed by atoms with Crippen molar-refractivity contribution in [1.82, 2.24) is 10.1 Å². The molecule has 13 heavy (non-hydrogen) atoms. The van der Waals surface area contributed by atoms with Crippen LogP contribution in [-0.2, 0) is 0 Å². The van der Waals surface area contributed by atoms with Crippen LogP contribution < -0.4 is 11.0 Å². The number of nitrogens with one attached hydrogen (secondary N) is 2. The van der Waals surface area contributed by atoms with Crippen LogP contribution in [0, 0.1) is 11.3 Å². The van der Waals surface area contributed by atoms with Gasteiger partial charge in [-0.25, -0.2) is 0 Å². The summed E-state index contributed by atoms with van der Waals surface area (Å²) < 4.78 is 4.63. The van der Waals surface area contributed by atoms with Gasteiger partial charge < -0.3 is 9.51 Å². The maximum absolute atomic E-state index is 11.3. The second-order valence-electron chi connectivity index (χ2n) is 2.38. The standard InChI is InChI=1S/C7H3N3O3/c8-1-3-2-9-7-4(5(3)11)6(12)10-13-7/h2H,(H,9,11)(H,10,12). The number of hydrogen-bond acceptors (Lipinski definition) is 4. The maximum atomic E-state index is 11.3. The topological polar surface area (TPSA) is 103 Å². The molecule has 0 amide bonds. The lowest BCUT2D eigenvalue weighted by Crippen LogP contribution is -2.13. The van der Waals surface area contributed by atoms with Crippen LogP contribution in [0.4, 0.5) is 0 Å². The zero-order chi connectivity index (χ0) is 9.42. The van der Waals surface area contributed by atoms with Crippen LogP contribution in [0.2, 0.25) is 0 Å². The first-order valence-corrected chi connectivity index (χ1v) is 3.37. The van der Waals surface area contributed by atoms with E-state index in [-0.39, 0.29) is 16.7 Å². The van der Waals surface area contributed by atoms with Crippen LogP contribution in [0.25, 0.3) is 11.1 Å². The Labute approximate surface area is 70.4 Å². The van der Waals surface area contributed by atoms with Gasteiger partial charge in [-0.1, -0.05) is 0 Å². The van der Waals surface area contributed by atoms with E-state index in [2.05, 4.69) is 9.51 Å². The highest BCUT2D eigenvalue weighted by Gasteiger charge is 2.10. The highest BCUT2D eigenvalue weighted by Crippen LogP contribution is 2.00. The van der Waals surface area contributed by atoms with Crippen molar-refractivity contribution in [2.75, 3.05) is 0 Å². The summed E-state index contributed by atoms with van der Waals surface area (Å²) in [5, 5.41) is 10.3. The fourth-order valence-electron chi connectivity index (χ4n) is 1.03. The molecule has 2 rings (SSSR count). The van der Waals surface area contributed by atoms with Gasteiger partial charge in [0.1, 0.15) is 11.6 Å². The minimum absolute atomic E-state index is 0.0500. The highest BCUT2D eigenvalue weighted by molar-refractivity contribution is 5.72. The SMILES string of the molecule is N#Cc1c[nH]c2o[nH]c(=O)c2c1=O. The van der Waals surface area contributed by atoms with E-state index in [1.165, 1.54) is 6.20 Å². The van der Waals surface area contributed by atoms with Crippen molar-refractivity contribution < 1.29 is 4.52 Å². The molecule has 0 aliphatic carbocycles. The molecule has 0 fully saturated rings. The molecule has 0 bridgehead atoms. The molecule has 0 aromatic carbocycles. The average Bonchev–Trinajstić information content (AvgIpc) is 2.49. The summed E-state index contributed by atoms with van der Waals surface area (Å²) in [6.07, 6.45) is 1.20. The number of rotatable bonds is 0. The number of hydrogen-bond donors (Lipinski definition) is 2. The van der Waals surface area contributed by atoms with E-state index < -0.39 is 11.0 Å². The second-order valence-corrected chi connectivity index (χ2v) is 2.38. The van der Waals surface area contributed by atoms with Crippen LogP contribution in [0.1, 0.15) is 5.56 Å². The summed E-state index contributed by atoms with van der Waals surface area (Å²) in [7, 11) is 0. The molecule has 0 aliphatic rings. The summed E-state index contributed by atoms with van der Waals surface area (Å²) in [6.45, 7) is 0. The Morgan fingerprint density at radius 1 is 1.46 bits per heavy atom. The minimum Gasteiger partial charge on any atom is -0.360 e. The van der Waals surface area contributed by atoms with Gasteiger partial charge in [-0.05, 0) is 0 Å². The molecule has 2 heterocycles. The van der Waals surface area contributed by atoms with Crippen LogP contribution in [0.5, 0.6) is 0 Å². The summed E-state index contributed by atoms with van der Waals surface area (Å²) in [4.78, 5) is 24.8. The van der Waals surface area contributed by atoms with E-state index >= 15 is 0 Å². The Kier molecular flexibility index (Phi) is 1.33. The number of nitriles is 1. The molecule has 2 aromatic rings. The van der Waals surface area contributed by atoms with Crippen LogP contribution in [0.3, 0.4) is 0 Å². The molecule has 0 saturated carbocycles. The van der Waals surface area contributed by atoms with E-state index in [9.17, 15) is 9.59 Å². The summed E-state index contributed by atoms with van der Waals surface area (Å²) in [6, 6.07) is 1.67. The van der Waals surface area contributed by atoms with E-state index in [4.69, 9.17) is 5.26 Å². The zero-order valence-electron chi connectivity index (χ0n) is 6.25. The Morgan fingerprint density at radius 3 is 2.92 bits per heavy atom. The normalized spacial score (nSPS) is 10.1. The van der Waals surface area contributed by atoms with E-state index in [0.29, 0.717) is 0 Å². The number of pyridine rings is 1. The summed E-state index contributed by atoms with van der Waals surface area (Å²) in [5.74, 6) is 0.